The first-order valence-corrected chi connectivity index (χ1v) is 10.1. The number of amides is 2. The van der Waals surface area contributed by atoms with Crippen molar-refractivity contribution in [2.75, 3.05) is 13.1 Å². The highest BCUT2D eigenvalue weighted by Gasteiger charge is 2.28. The summed E-state index contributed by atoms with van der Waals surface area (Å²) in [6.07, 6.45) is 1.62. The number of hydrogen-bond donors (Lipinski definition) is 8. The molecule has 13 nitrogen and oxygen atoms in total. The molecular weight excluding hydrogens is 406 g/mol. The number of guanidine groups is 2. The van der Waals surface area contributed by atoms with Gasteiger partial charge in [-0.2, -0.15) is 0 Å². The lowest BCUT2D eigenvalue weighted by Gasteiger charge is -2.24. The fraction of sp³-hybridized carbons (Fsp3) is 0.722. The predicted molar refractivity (Wildman–Crippen MR) is 119 cm³/mol. The van der Waals surface area contributed by atoms with Gasteiger partial charge in [0.2, 0.25) is 11.8 Å². The van der Waals surface area contributed by atoms with E-state index in [1.165, 1.54) is 0 Å². The van der Waals surface area contributed by atoms with E-state index in [0.717, 1.165) is 0 Å². The Bertz CT molecular complexity index is 644. The number of rotatable bonds is 15. The number of nitrogens with two attached hydrogens (primary N) is 5. The van der Waals surface area contributed by atoms with Gasteiger partial charge in [-0.05, 0) is 38.0 Å². The number of carbonyl (C=O) groups is 3. The van der Waals surface area contributed by atoms with Gasteiger partial charge < -0.3 is 44.4 Å². The van der Waals surface area contributed by atoms with Crippen LogP contribution in [0.1, 0.15) is 46.0 Å². The van der Waals surface area contributed by atoms with Gasteiger partial charge in [-0.15, -0.1) is 0 Å². The first-order valence-electron chi connectivity index (χ1n) is 10.1. The van der Waals surface area contributed by atoms with Crippen LogP contribution in [0.5, 0.6) is 0 Å². The predicted octanol–water partition coefficient (Wildman–Crippen LogP) is -2.48. The zero-order chi connectivity index (χ0) is 24.0. The zero-order valence-corrected chi connectivity index (χ0v) is 18.2. The summed E-state index contributed by atoms with van der Waals surface area (Å²) in [4.78, 5) is 44.2. The number of carboxylic acid groups (broad SMARTS) is 1. The summed E-state index contributed by atoms with van der Waals surface area (Å²) in [5, 5.41) is 14.5. The maximum atomic E-state index is 12.7. The van der Waals surface area contributed by atoms with Crippen LogP contribution < -0.4 is 39.3 Å². The molecular formula is C18H37N9O4. The molecule has 0 fully saturated rings. The van der Waals surface area contributed by atoms with Crippen molar-refractivity contribution in [3.05, 3.63) is 0 Å². The van der Waals surface area contributed by atoms with Crippen molar-refractivity contribution in [3.63, 3.8) is 0 Å². The molecule has 0 aromatic rings. The van der Waals surface area contributed by atoms with E-state index < -0.39 is 35.9 Å². The summed E-state index contributed by atoms with van der Waals surface area (Å²) in [5.41, 5.74) is 26.8. The average Bonchev–Trinajstić information content (AvgIpc) is 2.65. The van der Waals surface area contributed by atoms with E-state index >= 15 is 0 Å². The average molecular weight is 444 g/mol. The molecule has 0 aromatic carbocycles. The topological polar surface area (TPSA) is 250 Å². The summed E-state index contributed by atoms with van der Waals surface area (Å²) >= 11 is 0. The minimum atomic E-state index is -1.19. The van der Waals surface area contributed by atoms with Gasteiger partial charge >= 0.3 is 5.97 Å². The monoisotopic (exact) mass is 443 g/mol. The second kappa shape index (κ2) is 14.8. The molecule has 2 amide bonds. The van der Waals surface area contributed by atoms with E-state index in [0.29, 0.717) is 32.2 Å². The summed E-state index contributed by atoms with van der Waals surface area (Å²) in [5.74, 6) is -2.36. The van der Waals surface area contributed by atoms with E-state index in [4.69, 9.17) is 28.7 Å². The fourth-order valence-corrected chi connectivity index (χ4v) is 2.67. The third-order valence-electron chi connectivity index (χ3n) is 4.20. The van der Waals surface area contributed by atoms with Gasteiger partial charge in [0.15, 0.2) is 11.9 Å². The number of hydrogen-bond acceptors (Lipinski definition) is 6. The van der Waals surface area contributed by atoms with Crippen molar-refractivity contribution in [1.82, 2.24) is 10.6 Å². The SMILES string of the molecule is CC(C)C[C@H](NC(=O)[C@@H](N)CCCN=C(N)N)C(=O)N[C@@H](CCCN=C(N)N)C(=O)O. The van der Waals surface area contributed by atoms with Crippen molar-refractivity contribution >= 4 is 29.7 Å². The summed E-state index contributed by atoms with van der Waals surface area (Å²) in [6, 6.07) is -2.91. The molecule has 0 aliphatic carbocycles. The second-order valence-electron chi connectivity index (χ2n) is 7.59. The normalized spacial score (nSPS) is 13.5. The molecule has 0 bridgehead atoms. The quantitative estimate of drug-likeness (QED) is 0.0756. The molecule has 0 unspecified atom stereocenters. The zero-order valence-electron chi connectivity index (χ0n) is 18.2. The van der Waals surface area contributed by atoms with Gasteiger partial charge in [0.05, 0.1) is 6.04 Å². The molecule has 3 atom stereocenters. The fourth-order valence-electron chi connectivity index (χ4n) is 2.67. The van der Waals surface area contributed by atoms with E-state index in [1.54, 1.807) is 0 Å². The molecule has 0 aliphatic rings. The number of carbonyl (C=O) groups excluding carboxylic acids is 2. The van der Waals surface area contributed by atoms with Crippen LogP contribution >= 0.6 is 0 Å². The minimum Gasteiger partial charge on any atom is -0.480 e. The summed E-state index contributed by atoms with van der Waals surface area (Å²) in [7, 11) is 0. The highest BCUT2D eigenvalue weighted by atomic mass is 16.4. The Morgan fingerprint density at radius 3 is 1.77 bits per heavy atom. The third-order valence-corrected chi connectivity index (χ3v) is 4.20. The van der Waals surface area contributed by atoms with Gasteiger partial charge in [0.25, 0.3) is 0 Å². The molecule has 0 saturated heterocycles. The third kappa shape index (κ3) is 13.7. The van der Waals surface area contributed by atoms with Crippen LogP contribution in [0.3, 0.4) is 0 Å². The smallest absolute Gasteiger partial charge is 0.326 e. The molecule has 0 radical (unpaired) electrons. The number of aliphatic carboxylic acids is 1. The standard InChI is InChI=1S/C18H37N9O4/c1-10(2)9-13(27-14(28)11(19)5-3-7-24-17(20)21)15(29)26-12(16(30)31)6-4-8-25-18(22)23/h10-13H,3-9,19H2,1-2H3,(H,26,29)(H,27,28)(H,30,31)(H4,20,21,24)(H4,22,23,25)/t11-,12-,13-/m0/s1. The highest BCUT2D eigenvalue weighted by Crippen LogP contribution is 2.08. The summed E-state index contributed by atoms with van der Waals surface area (Å²) in [6.45, 7) is 4.33. The van der Waals surface area contributed by atoms with Crippen molar-refractivity contribution in [2.24, 2.45) is 44.6 Å². The Balaban J connectivity index is 4.92. The molecule has 13 heteroatoms. The summed E-state index contributed by atoms with van der Waals surface area (Å²) < 4.78 is 0. The Morgan fingerprint density at radius 2 is 1.32 bits per heavy atom. The largest absolute Gasteiger partial charge is 0.480 e. The van der Waals surface area contributed by atoms with Crippen LogP contribution in [0, 0.1) is 5.92 Å². The molecule has 13 N–H and O–H groups in total. The molecule has 0 rings (SSSR count). The lowest BCUT2D eigenvalue weighted by molar-refractivity contribution is -0.142. The lowest BCUT2D eigenvalue weighted by atomic mass is 10.0. The number of nitrogens with one attached hydrogen (secondary N) is 2. The van der Waals surface area contributed by atoms with Crippen molar-refractivity contribution < 1.29 is 19.5 Å². The van der Waals surface area contributed by atoms with Gasteiger partial charge in [0.1, 0.15) is 12.1 Å². The lowest BCUT2D eigenvalue weighted by Crippen LogP contribution is -2.54. The molecule has 178 valence electrons. The Morgan fingerprint density at radius 1 is 0.839 bits per heavy atom. The van der Waals surface area contributed by atoms with Gasteiger partial charge in [0, 0.05) is 13.1 Å². The van der Waals surface area contributed by atoms with Crippen LogP contribution in [-0.4, -0.2) is 66.0 Å². The van der Waals surface area contributed by atoms with Gasteiger partial charge in [-0.25, -0.2) is 4.79 Å². The van der Waals surface area contributed by atoms with Crippen LogP contribution in [0.15, 0.2) is 9.98 Å². The molecule has 0 heterocycles. The van der Waals surface area contributed by atoms with E-state index in [1.807, 2.05) is 13.8 Å². The molecule has 31 heavy (non-hydrogen) atoms. The minimum absolute atomic E-state index is 0.0435. The maximum Gasteiger partial charge on any atom is 0.326 e. The van der Waals surface area contributed by atoms with Crippen LogP contribution in [0.2, 0.25) is 0 Å². The number of aliphatic imine (C=N–C) groups is 2. The molecule has 0 saturated carbocycles. The van der Waals surface area contributed by atoms with Crippen molar-refractivity contribution in [2.45, 2.75) is 64.1 Å². The van der Waals surface area contributed by atoms with E-state index in [2.05, 4.69) is 20.6 Å². The Kier molecular flexibility index (Phi) is 13.3. The Hall–Kier alpha value is -3.09. The number of carboxylic acids is 1. The maximum absolute atomic E-state index is 12.7. The molecule has 0 spiro atoms. The van der Waals surface area contributed by atoms with Crippen molar-refractivity contribution in [3.8, 4) is 0 Å². The van der Waals surface area contributed by atoms with Crippen LogP contribution in [-0.2, 0) is 14.4 Å². The van der Waals surface area contributed by atoms with Gasteiger partial charge in [-0.3, -0.25) is 19.6 Å². The van der Waals surface area contributed by atoms with Crippen molar-refractivity contribution in [1.29, 1.82) is 0 Å². The van der Waals surface area contributed by atoms with Gasteiger partial charge in [-0.1, -0.05) is 13.8 Å². The number of nitrogens with zero attached hydrogens (tertiary/aromatic N) is 2. The van der Waals surface area contributed by atoms with Crippen LogP contribution in [0.4, 0.5) is 0 Å². The van der Waals surface area contributed by atoms with Crippen LogP contribution in [0.25, 0.3) is 0 Å². The van der Waals surface area contributed by atoms with E-state index in [9.17, 15) is 19.5 Å². The second-order valence-corrected chi connectivity index (χ2v) is 7.59. The molecule has 0 aromatic heterocycles. The highest BCUT2D eigenvalue weighted by molar-refractivity contribution is 5.91. The molecule has 0 aliphatic heterocycles. The Labute approximate surface area is 182 Å². The van der Waals surface area contributed by atoms with E-state index in [-0.39, 0.29) is 30.8 Å². The first-order chi connectivity index (χ1) is 14.4. The first kappa shape index (κ1) is 27.9.